The summed E-state index contributed by atoms with van der Waals surface area (Å²) >= 11 is 0. The van der Waals surface area contributed by atoms with Crippen molar-refractivity contribution in [2.24, 2.45) is 5.41 Å². The predicted octanol–water partition coefficient (Wildman–Crippen LogP) is 4.09. The van der Waals surface area contributed by atoms with Crippen molar-refractivity contribution in [3.63, 3.8) is 0 Å². The van der Waals surface area contributed by atoms with Crippen LogP contribution in [0.3, 0.4) is 0 Å². The second kappa shape index (κ2) is 4.52. The van der Waals surface area contributed by atoms with Crippen LogP contribution in [0, 0.1) is 12.3 Å². The normalized spacial score (nSPS) is 32.6. The molecule has 1 aromatic rings. The Bertz CT molecular complexity index is 580. The molecule has 2 fully saturated rings. The minimum atomic E-state index is -2.98. The van der Waals surface area contributed by atoms with Crippen LogP contribution in [0.25, 0.3) is 0 Å². The number of carbonyl (C=O) groups excluding carboxylic acids is 1. The highest BCUT2D eigenvalue weighted by molar-refractivity contribution is 5.87. The maximum absolute atomic E-state index is 13.9. The molecule has 3 rings (SSSR count). The first-order chi connectivity index (χ1) is 9.74. The van der Waals surface area contributed by atoms with E-state index in [9.17, 15) is 13.6 Å². The molecule has 114 valence electrons. The topological polar surface area (TPSA) is 20.3 Å². The van der Waals surface area contributed by atoms with Gasteiger partial charge in [0.2, 0.25) is 5.91 Å². The number of alkyl halides is 2. The van der Waals surface area contributed by atoms with Crippen molar-refractivity contribution in [3.8, 4) is 0 Å². The van der Waals surface area contributed by atoms with E-state index in [0.29, 0.717) is 0 Å². The summed E-state index contributed by atoms with van der Waals surface area (Å²) in [5.74, 6) is -3.37. The number of hydrogen-bond donors (Lipinski definition) is 0. The molecule has 0 aromatic heterocycles. The molecule has 0 bridgehead atoms. The molecule has 0 aliphatic carbocycles. The average molecular weight is 293 g/mol. The molecule has 3 atom stereocenters. The molecular formula is C17H21F2NO. The zero-order valence-corrected chi connectivity index (χ0v) is 12.7. The fourth-order valence-corrected chi connectivity index (χ4v) is 3.81. The van der Waals surface area contributed by atoms with Crippen molar-refractivity contribution >= 4 is 5.91 Å². The van der Waals surface area contributed by atoms with E-state index < -0.39 is 11.3 Å². The number of fused-ring (bicyclic) bond motifs is 1. The lowest BCUT2D eigenvalue weighted by Crippen LogP contribution is -2.44. The van der Waals surface area contributed by atoms with Gasteiger partial charge in [0.25, 0.3) is 5.92 Å². The lowest BCUT2D eigenvalue weighted by molar-refractivity contribution is -0.156. The van der Waals surface area contributed by atoms with Gasteiger partial charge in [0.1, 0.15) is 5.41 Å². The van der Waals surface area contributed by atoms with Crippen molar-refractivity contribution in [2.75, 3.05) is 0 Å². The fourth-order valence-electron chi connectivity index (χ4n) is 3.81. The average Bonchev–Trinajstić information content (AvgIpc) is 2.89. The quantitative estimate of drug-likeness (QED) is 0.804. The number of halogens is 2. The highest BCUT2D eigenvalue weighted by atomic mass is 19.3. The van der Waals surface area contributed by atoms with Gasteiger partial charge in [-0.2, -0.15) is 0 Å². The molecule has 21 heavy (non-hydrogen) atoms. The van der Waals surface area contributed by atoms with Crippen molar-refractivity contribution < 1.29 is 13.6 Å². The first-order valence-electron chi connectivity index (χ1n) is 7.51. The van der Waals surface area contributed by atoms with Gasteiger partial charge < -0.3 is 4.90 Å². The molecule has 0 radical (unpaired) electrons. The van der Waals surface area contributed by atoms with E-state index >= 15 is 0 Å². The van der Waals surface area contributed by atoms with Gasteiger partial charge >= 0.3 is 0 Å². The molecule has 0 unspecified atom stereocenters. The molecular weight excluding hydrogens is 272 g/mol. The minimum Gasteiger partial charge on any atom is -0.332 e. The zero-order chi connectivity index (χ0) is 15.4. The SMILES string of the molecule is Cc1cccc([C@H]2CC[C@H]3C[C@](C)(C(C)(F)F)C(=O)N32)c1. The molecule has 2 saturated heterocycles. The maximum atomic E-state index is 13.9. The molecule has 0 saturated carbocycles. The first kappa shape index (κ1) is 14.5. The largest absolute Gasteiger partial charge is 0.332 e. The first-order valence-corrected chi connectivity index (χ1v) is 7.51. The summed E-state index contributed by atoms with van der Waals surface area (Å²) in [6, 6.07) is 7.93. The number of carbonyl (C=O) groups is 1. The van der Waals surface area contributed by atoms with E-state index in [-0.39, 0.29) is 24.4 Å². The molecule has 1 amide bonds. The van der Waals surface area contributed by atoms with Crippen LogP contribution in [0.2, 0.25) is 0 Å². The van der Waals surface area contributed by atoms with Gasteiger partial charge in [-0.15, -0.1) is 0 Å². The summed E-state index contributed by atoms with van der Waals surface area (Å²) in [4.78, 5) is 14.4. The highest BCUT2D eigenvalue weighted by Gasteiger charge is 2.62. The third-order valence-corrected chi connectivity index (χ3v) is 5.25. The standard InChI is InChI=1S/C17H21F2NO/c1-11-5-4-6-12(9-11)14-8-7-13-10-16(2,17(3,18)19)15(21)20(13)14/h4-6,9,13-14H,7-8,10H2,1-3H3/t13-,14+,16-/m0/s1. The summed E-state index contributed by atoms with van der Waals surface area (Å²) in [7, 11) is 0. The van der Waals surface area contributed by atoms with Gasteiger partial charge in [-0.3, -0.25) is 4.79 Å². The minimum absolute atomic E-state index is 0.0427. The Morgan fingerprint density at radius 2 is 2.05 bits per heavy atom. The smallest absolute Gasteiger partial charge is 0.259 e. The van der Waals surface area contributed by atoms with Crippen LogP contribution < -0.4 is 0 Å². The lowest BCUT2D eigenvalue weighted by atomic mass is 9.80. The van der Waals surface area contributed by atoms with Crippen LogP contribution in [0.5, 0.6) is 0 Å². The van der Waals surface area contributed by atoms with Gasteiger partial charge in [0.15, 0.2) is 0 Å². The molecule has 4 heteroatoms. The Kier molecular flexibility index (Phi) is 3.12. The van der Waals surface area contributed by atoms with Gasteiger partial charge in [-0.05, 0) is 38.7 Å². The van der Waals surface area contributed by atoms with Crippen LogP contribution in [0.1, 0.15) is 50.3 Å². The Labute approximate surface area is 124 Å². The number of aryl methyl sites for hydroxylation is 1. The van der Waals surface area contributed by atoms with Crippen LogP contribution in [-0.2, 0) is 4.79 Å². The molecule has 2 nitrogen and oxygen atoms in total. The Morgan fingerprint density at radius 1 is 1.33 bits per heavy atom. The monoisotopic (exact) mass is 293 g/mol. The number of rotatable bonds is 2. The summed E-state index contributed by atoms with van der Waals surface area (Å²) in [5.41, 5.74) is 0.640. The predicted molar refractivity (Wildman–Crippen MR) is 77.1 cm³/mol. The van der Waals surface area contributed by atoms with E-state index in [4.69, 9.17) is 0 Å². The molecule has 2 aliphatic rings. The molecule has 2 heterocycles. The number of hydrogen-bond acceptors (Lipinski definition) is 1. The van der Waals surface area contributed by atoms with Crippen LogP contribution >= 0.6 is 0 Å². The summed E-state index contributed by atoms with van der Waals surface area (Å²) in [5, 5.41) is 0. The van der Waals surface area contributed by atoms with E-state index in [1.165, 1.54) is 6.92 Å². The van der Waals surface area contributed by atoms with Crippen molar-refractivity contribution in [3.05, 3.63) is 35.4 Å². The Hall–Kier alpha value is -1.45. The number of benzene rings is 1. The van der Waals surface area contributed by atoms with Crippen molar-refractivity contribution in [2.45, 2.75) is 58.0 Å². The number of amides is 1. The second-order valence-electron chi connectivity index (χ2n) is 6.80. The summed E-state index contributed by atoms with van der Waals surface area (Å²) in [6.07, 6.45) is 1.94. The zero-order valence-electron chi connectivity index (χ0n) is 12.7. The van der Waals surface area contributed by atoms with E-state index in [1.54, 1.807) is 4.90 Å². The van der Waals surface area contributed by atoms with Crippen molar-refractivity contribution in [1.29, 1.82) is 0 Å². The molecule has 0 N–H and O–H groups in total. The van der Waals surface area contributed by atoms with Gasteiger partial charge in [-0.1, -0.05) is 29.8 Å². The van der Waals surface area contributed by atoms with Gasteiger partial charge in [0.05, 0.1) is 6.04 Å². The molecule has 0 spiro atoms. The van der Waals surface area contributed by atoms with Crippen LogP contribution in [0.15, 0.2) is 24.3 Å². The fraction of sp³-hybridized carbons (Fsp3) is 0.588. The summed E-state index contributed by atoms with van der Waals surface area (Å²) in [6.45, 7) is 4.29. The second-order valence-corrected chi connectivity index (χ2v) is 6.80. The van der Waals surface area contributed by atoms with Gasteiger partial charge in [0, 0.05) is 13.0 Å². The van der Waals surface area contributed by atoms with Crippen LogP contribution in [0.4, 0.5) is 8.78 Å². The molecule has 2 aliphatic heterocycles. The Balaban J connectivity index is 1.95. The van der Waals surface area contributed by atoms with E-state index in [0.717, 1.165) is 30.9 Å². The lowest BCUT2D eigenvalue weighted by Gasteiger charge is -2.31. The van der Waals surface area contributed by atoms with E-state index in [1.807, 2.05) is 25.1 Å². The van der Waals surface area contributed by atoms with Gasteiger partial charge in [-0.25, -0.2) is 8.78 Å². The van der Waals surface area contributed by atoms with Crippen LogP contribution in [-0.4, -0.2) is 22.8 Å². The highest BCUT2D eigenvalue weighted by Crippen LogP contribution is 2.54. The molecule has 1 aromatic carbocycles. The number of nitrogens with zero attached hydrogens (tertiary/aromatic N) is 1. The third kappa shape index (κ3) is 2.07. The Morgan fingerprint density at radius 3 is 2.67 bits per heavy atom. The maximum Gasteiger partial charge on any atom is 0.259 e. The van der Waals surface area contributed by atoms with Crippen molar-refractivity contribution in [1.82, 2.24) is 4.90 Å². The van der Waals surface area contributed by atoms with E-state index in [2.05, 4.69) is 6.07 Å². The summed E-state index contributed by atoms with van der Waals surface area (Å²) < 4.78 is 27.8. The third-order valence-electron chi connectivity index (χ3n) is 5.25.